The number of rotatable bonds is 5. The van der Waals surface area contributed by atoms with Crippen molar-refractivity contribution >= 4 is 17.8 Å². The highest BCUT2D eigenvalue weighted by Crippen LogP contribution is 2.36. The Kier molecular flexibility index (Phi) is 4.49. The van der Waals surface area contributed by atoms with Gasteiger partial charge in [0, 0.05) is 25.7 Å². The number of hydrogen-bond acceptors (Lipinski definition) is 3. The Morgan fingerprint density at radius 1 is 1.26 bits per heavy atom. The summed E-state index contributed by atoms with van der Waals surface area (Å²) in [5.74, 6) is -0.674. The highest BCUT2D eigenvalue weighted by molar-refractivity contribution is 5.93. The summed E-state index contributed by atoms with van der Waals surface area (Å²) in [5, 5.41) is 8.18. The lowest BCUT2D eigenvalue weighted by Crippen LogP contribution is -2.68. The fraction of sp³-hybridized carbons (Fsp3) is 0.526. The molecule has 2 saturated heterocycles. The summed E-state index contributed by atoms with van der Waals surface area (Å²) in [7, 11) is 0. The molecule has 0 aromatic heterocycles. The zero-order chi connectivity index (χ0) is 19.0. The third-order valence-corrected chi connectivity index (χ3v) is 5.78. The van der Waals surface area contributed by atoms with Gasteiger partial charge in [-0.25, -0.2) is 9.18 Å². The lowest BCUT2D eigenvalue weighted by molar-refractivity contribution is -0.155. The minimum Gasteiger partial charge on any atom is -0.353 e. The zero-order valence-corrected chi connectivity index (χ0v) is 15.0. The second-order valence-electron chi connectivity index (χ2n) is 7.75. The predicted octanol–water partition coefficient (Wildman–Crippen LogP) is 0.547. The SMILES string of the molecule is O=C1NCC(C(=O)N2CC(Cc3ccccc3F)(C(=O)NC3CCC3)C2)N1. The number of likely N-dealkylation sites (tertiary alicyclic amines) is 1. The smallest absolute Gasteiger partial charge is 0.315 e. The Balaban J connectivity index is 1.48. The zero-order valence-electron chi connectivity index (χ0n) is 15.0. The van der Waals surface area contributed by atoms with Gasteiger partial charge in [0.25, 0.3) is 0 Å². The first-order valence-electron chi connectivity index (χ1n) is 9.34. The molecule has 3 aliphatic rings. The van der Waals surface area contributed by atoms with E-state index in [1.54, 1.807) is 23.1 Å². The van der Waals surface area contributed by atoms with Crippen molar-refractivity contribution in [2.45, 2.75) is 37.8 Å². The summed E-state index contributed by atoms with van der Waals surface area (Å²) in [4.78, 5) is 38.3. The van der Waals surface area contributed by atoms with Crippen LogP contribution in [0.25, 0.3) is 0 Å². The van der Waals surface area contributed by atoms with Crippen LogP contribution in [0.4, 0.5) is 9.18 Å². The summed E-state index contributed by atoms with van der Waals surface area (Å²) in [6, 6.07) is 5.63. The van der Waals surface area contributed by atoms with Gasteiger partial charge in [-0.2, -0.15) is 0 Å². The van der Waals surface area contributed by atoms with Gasteiger partial charge in [-0.05, 0) is 37.3 Å². The van der Waals surface area contributed by atoms with Crippen LogP contribution in [0, 0.1) is 11.2 Å². The number of benzene rings is 1. The van der Waals surface area contributed by atoms with E-state index in [2.05, 4.69) is 16.0 Å². The minimum absolute atomic E-state index is 0.118. The van der Waals surface area contributed by atoms with Crippen LogP contribution in [0.3, 0.4) is 0 Å². The Hall–Kier alpha value is -2.64. The normalized spacial score (nSPS) is 23.7. The molecule has 1 saturated carbocycles. The molecule has 2 heterocycles. The Morgan fingerprint density at radius 3 is 2.59 bits per heavy atom. The van der Waals surface area contributed by atoms with Gasteiger partial charge in [0.15, 0.2) is 0 Å². The van der Waals surface area contributed by atoms with Crippen LogP contribution in [-0.2, 0) is 16.0 Å². The summed E-state index contributed by atoms with van der Waals surface area (Å²) in [5.41, 5.74) is -0.354. The molecule has 2 aliphatic heterocycles. The lowest BCUT2D eigenvalue weighted by Gasteiger charge is -2.50. The maximum atomic E-state index is 14.2. The van der Waals surface area contributed by atoms with Gasteiger partial charge >= 0.3 is 6.03 Å². The van der Waals surface area contributed by atoms with Crippen molar-refractivity contribution in [3.63, 3.8) is 0 Å². The van der Waals surface area contributed by atoms with Crippen molar-refractivity contribution < 1.29 is 18.8 Å². The fourth-order valence-electron chi connectivity index (χ4n) is 3.90. The van der Waals surface area contributed by atoms with Crippen molar-refractivity contribution in [3.05, 3.63) is 35.6 Å². The number of halogens is 1. The minimum atomic E-state index is -0.830. The van der Waals surface area contributed by atoms with Crippen LogP contribution in [-0.4, -0.2) is 54.5 Å². The monoisotopic (exact) mass is 374 g/mol. The number of hydrogen-bond donors (Lipinski definition) is 3. The second kappa shape index (κ2) is 6.83. The van der Waals surface area contributed by atoms with Crippen molar-refractivity contribution in [2.75, 3.05) is 19.6 Å². The number of carbonyl (C=O) groups is 3. The van der Waals surface area contributed by atoms with E-state index >= 15 is 0 Å². The van der Waals surface area contributed by atoms with Gasteiger partial charge in [-0.3, -0.25) is 9.59 Å². The van der Waals surface area contributed by atoms with E-state index in [4.69, 9.17) is 0 Å². The number of urea groups is 1. The Bertz CT molecular complexity index is 774. The third-order valence-electron chi connectivity index (χ3n) is 5.78. The molecule has 0 radical (unpaired) electrons. The number of nitrogens with zero attached hydrogens (tertiary/aromatic N) is 1. The molecule has 4 rings (SSSR count). The van der Waals surface area contributed by atoms with E-state index in [-0.39, 0.29) is 55.8 Å². The standard InChI is InChI=1S/C19H23FN4O3/c20-14-7-2-1-4-12(14)8-19(17(26)22-13-5-3-6-13)10-24(11-19)16(25)15-9-21-18(27)23-15/h1-2,4,7,13,15H,3,5-6,8-11H2,(H,22,26)(H2,21,23,27). The molecule has 7 nitrogen and oxygen atoms in total. The average Bonchev–Trinajstić information content (AvgIpc) is 3.01. The molecule has 1 aromatic carbocycles. The molecular formula is C19H23FN4O3. The number of amides is 4. The van der Waals surface area contributed by atoms with Crippen LogP contribution in [0.5, 0.6) is 0 Å². The second-order valence-corrected chi connectivity index (χ2v) is 7.75. The molecule has 1 atom stereocenters. The number of carbonyl (C=O) groups excluding carboxylic acids is 3. The maximum absolute atomic E-state index is 14.2. The highest BCUT2D eigenvalue weighted by atomic mass is 19.1. The first-order valence-corrected chi connectivity index (χ1v) is 9.34. The van der Waals surface area contributed by atoms with E-state index in [1.807, 2.05) is 0 Å². The lowest BCUT2D eigenvalue weighted by atomic mass is 9.73. The number of nitrogens with one attached hydrogen (secondary N) is 3. The van der Waals surface area contributed by atoms with Crippen molar-refractivity contribution in [1.82, 2.24) is 20.9 Å². The first-order chi connectivity index (χ1) is 13.0. The molecule has 8 heteroatoms. The van der Waals surface area contributed by atoms with Crippen LogP contribution in [0.15, 0.2) is 24.3 Å². The van der Waals surface area contributed by atoms with Crippen LogP contribution in [0.1, 0.15) is 24.8 Å². The summed E-state index contributed by atoms with van der Waals surface area (Å²) in [6.07, 6.45) is 3.27. The maximum Gasteiger partial charge on any atom is 0.315 e. The summed E-state index contributed by atoms with van der Waals surface area (Å²) in [6.45, 7) is 0.693. The van der Waals surface area contributed by atoms with Gasteiger partial charge in [-0.1, -0.05) is 18.2 Å². The van der Waals surface area contributed by atoms with Crippen molar-refractivity contribution in [2.24, 2.45) is 5.41 Å². The van der Waals surface area contributed by atoms with E-state index in [9.17, 15) is 18.8 Å². The average molecular weight is 374 g/mol. The first kappa shape index (κ1) is 17.8. The van der Waals surface area contributed by atoms with Gasteiger partial charge in [0.2, 0.25) is 11.8 Å². The summed E-state index contributed by atoms with van der Waals surface area (Å²) < 4.78 is 14.2. The van der Waals surface area contributed by atoms with Crippen LogP contribution >= 0.6 is 0 Å². The molecule has 3 N–H and O–H groups in total. The molecule has 1 unspecified atom stereocenters. The topological polar surface area (TPSA) is 90.5 Å². The van der Waals surface area contributed by atoms with Gasteiger partial charge < -0.3 is 20.9 Å². The Labute approximate surface area is 156 Å². The molecule has 1 aliphatic carbocycles. The van der Waals surface area contributed by atoms with Crippen molar-refractivity contribution in [3.8, 4) is 0 Å². The van der Waals surface area contributed by atoms with E-state index < -0.39 is 11.5 Å². The van der Waals surface area contributed by atoms with E-state index in [0.29, 0.717) is 5.56 Å². The Morgan fingerprint density at radius 2 is 2.00 bits per heavy atom. The van der Waals surface area contributed by atoms with Gasteiger partial charge in [0.05, 0.1) is 5.41 Å². The molecule has 4 amide bonds. The van der Waals surface area contributed by atoms with E-state index in [0.717, 1.165) is 19.3 Å². The fourth-order valence-corrected chi connectivity index (χ4v) is 3.90. The molecule has 144 valence electrons. The molecule has 1 aromatic rings. The van der Waals surface area contributed by atoms with E-state index in [1.165, 1.54) is 6.07 Å². The predicted molar refractivity (Wildman–Crippen MR) is 95.2 cm³/mol. The molecule has 0 bridgehead atoms. The van der Waals surface area contributed by atoms with Gasteiger partial charge in [-0.15, -0.1) is 0 Å². The summed E-state index contributed by atoms with van der Waals surface area (Å²) >= 11 is 0. The largest absolute Gasteiger partial charge is 0.353 e. The molecule has 3 fully saturated rings. The quantitative estimate of drug-likeness (QED) is 0.703. The third kappa shape index (κ3) is 3.36. The van der Waals surface area contributed by atoms with Crippen molar-refractivity contribution in [1.29, 1.82) is 0 Å². The van der Waals surface area contributed by atoms with Crippen LogP contribution < -0.4 is 16.0 Å². The van der Waals surface area contributed by atoms with Gasteiger partial charge in [0.1, 0.15) is 11.9 Å². The van der Waals surface area contributed by atoms with Crippen LogP contribution in [0.2, 0.25) is 0 Å². The molecular weight excluding hydrogens is 351 g/mol. The molecule has 27 heavy (non-hydrogen) atoms. The molecule has 0 spiro atoms. The highest BCUT2D eigenvalue weighted by Gasteiger charge is 2.53.